The number of rotatable bonds is 2. The molecule has 0 bridgehead atoms. The molecular weight excluding hydrogens is 334 g/mol. The molecule has 0 aromatic heterocycles. The van der Waals surface area contributed by atoms with Gasteiger partial charge in [0.1, 0.15) is 0 Å². The first-order valence-corrected chi connectivity index (χ1v) is 9.42. The molecule has 1 atom stereocenters. The summed E-state index contributed by atoms with van der Waals surface area (Å²) in [5.41, 5.74) is 1.17. The van der Waals surface area contributed by atoms with Crippen molar-refractivity contribution in [2.24, 2.45) is 0 Å². The lowest BCUT2D eigenvalue weighted by atomic mass is 10.0. The van der Waals surface area contributed by atoms with Gasteiger partial charge in [-0.05, 0) is 25.0 Å². The number of piperidine rings is 1. The number of nitrogens with zero attached hydrogens (tertiary/aromatic N) is 3. The van der Waals surface area contributed by atoms with Gasteiger partial charge in [-0.15, -0.1) is 0 Å². The van der Waals surface area contributed by atoms with Crippen LogP contribution in [0.3, 0.4) is 0 Å². The molecule has 3 heterocycles. The maximum atomic E-state index is 11.6. The molecular formula is C19H27N3O4. The van der Waals surface area contributed by atoms with Crippen LogP contribution in [0.2, 0.25) is 0 Å². The van der Waals surface area contributed by atoms with Gasteiger partial charge in [0.2, 0.25) is 12.7 Å². The molecule has 142 valence electrons. The average Bonchev–Trinajstić information content (AvgIpc) is 3.02. The third-order valence-electron chi connectivity index (χ3n) is 5.68. The fourth-order valence-electron chi connectivity index (χ4n) is 4.20. The molecule has 1 aromatic carbocycles. The van der Waals surface area contributed by atoms with E-state index in [-0.39, 0.29) is 5.91 Å². The third kappa shape index (κ3) is 3.59. The number of carbonyl (C=O) groups is 1. The van der Waals surface area contributed by atoms with E-state index in [9.17, 15) is 9.90 Å². The predicted molar refractivity (Wildman–Crippen MR) is 97.6 cm³/mol. The Morgan fingerprint density at radius 1 is 1.08 bits per heavy atom. The molecule has 1 amide bonds. The summed E-state index contributed by atoms with van der Waals surface area (Å²) in [6, 6.07) is 6.59. The Balaban J connectivity index is 1.35. The lowest BCUT2D eigenvalue weighted by Crippen LogP contribution is -2.47. The number of aliphatic hydroxyl groups is 1. The van der Waals surface area contributed by atoms with Crippen LogP contribution in [-0.4, -0.2) is 79.0 Å². The van der Waals surface area contributed by atoms with Crippen LogP contribution in [-0.2, 0) is 4.79 Å². The number of β-amino-alcohol motifs (C(OH)–C–C–N with tert-alkyl or cyclic N) is 1. The van der Waals surface area contributed by atoms with Crippen molar-refractivity contribution in [3.63, 3.8) is 0 Å². The number of amides is 1. The van der Waals surface area contributed by atoms with Gasteiger partial charge >= 0.3 is 0 Å². The van der Waals surface area contributed by atoms with Crippen LogP contribution >= 0.6 is 0 Å². The highest BCUT2D eigenvalue weighted by atomic mass is 16.7. The summed E-state index contributed by atoms with van der Waals surface area (Å²) in [4.78, 5) is 18.1. The summed E-state index contributed by atoms with van der Waals surface area (Å²) in [5.74, 6) is 1.69. The summed E-state index contributed by atoms with van der Waals surface area (Å²) in [6.07, 6.45) is 1.65. The SMILES string of the molecule is CC(=O)N1CCN(C2CCN(c3ccc4c(c3)OCO4)CC2)C[C@H](O)C1. The molecule has 2 fully saturated rings. The van der Waals surface area contributed by atoms with Crippen molar-refractivity contribution in [2.75, 3.05) is 51.0 Å². The van der Waals surface area contributed by atoms with E-state index in [0.29, 0.717) is 32.5 Å². The van der Waals surface area contributed by atoms with Crippen LogP contribution in [0.1, 0.15) is 19.8 Å². The zero-order valence-electron chi connectivity index (χ0n) is 15.3. The molecule has 0 spiro atoms. The van der Waals surface area contributed by atoms with E-state index in [1.807, 2.05) is 6.07 Å². The van der Waals surface area contributed by atoms with E-state index in [1.165, 1.54) is 5.69 Å². The van der Waals surface area contributed by atoms with Gasteiger partial charge < -0.3 is 24.4 Å². The van der Waals surface area contributed by atoms with Gasteiger partial charge in [0.05, 0.1) is 6.10 Å². The number of hydrogen-bond acceptors (Lipinski definition) is 6. The number of hydrogen-bond donors (Lipinski definition) is 1. The molecule has 0 aliphatic carbocycles. The second-order valence-corrected chi connectivity index (χ2v) is 7.37. The minimum atomic E-state index is -0.465. The van der Waals surface area contributed by atoms with Gasteiger partial charge in [0, 0.05) is 64.0 Å². The molecule has 0 radical (unpaired) electrons. The molecule has 0 saturated carbocycles. The number of fused-ring (bicyclic) bond motifs is 1. The van der Waals surface area contributed by atoms with Crippen LogP contribution in [0.5, 0.6) is 11.5 Å². The van der Waals surface area contributed by atoms with E-state index in [0.717, 1.165) is 44.0 Å². The normalized spacial score (nSPS) is 24.6. The van der Waals surface area contributed by atoms with E-state index in [4.69, 9.17) is 9.47 Å². The molecule has 1 aromatic rings. The van der Waals surface area contributed by atoms with Crippen molar-refractivity contribution < 1.29 is 19.4 Å². The van der Waals surface area contributed by atoms with Crippen LogP contribution in [0, 0.1) is 0 Å². The Morgan fingerprint density at radius 3 is 2.62 bits per heavy atom. The number of carbonyl (C=O) groups excluding carboxylic acids is 1. The largest absolute Gasteiger partial charge is 0.454 e. The van der Waals surface area contributed by atoms with E-state index in [2.05, 4.69) is 21.9 Å². The number of aliphatic hydroxyl groups excluding tert-OH is 1. The number of anilines is 1. The maximum Gasteiger partial charge on any atom is 0.231 e. The standard InChI is InChI=1S/C19H27N3O4/c1-14(23)21-8-9-22(12-17(24)11-21)15-4-6-20(7-5-15)16-2-3-18-19(10-16)26-13-25-18/h2-3,10,15,17,24H,4-9,11-13H2,1H3/t17-/m1/s1. The topological polar surface area (TPSA) is 65.5 Å². The molecule has 0 unspecified atom stereocenters. The summed E-state index contributed by atoms with van der Waals surface area (Å²) in [6.45, 7) is 6.47. The molecule has 3 aliphatic rings. The van der Waals surface area contributed by atoms with Crippen molar-refractivity contribution in [3.05, 3.63) is 18.2 Å². The van der Waals surface area contributed by atoms with Crippen LogP contribution in [0.25, 0.3) is 0 Å². The monoisotopic (exact) mass is 361 g/mol. The number of benzene rings is 1. The second-order valence-electron chi connectivity index (χ2n) is 7.37. The minimum absolute atomic E-state index is 0.0449. The highest BCUT2D eigenvalue weighted by molar-refractivity contribution is 5.73. The first-order chi connectivity index (χ1) is 12.6. The van der Waals surface area contributed by atoms with E-state index < -0.39 is 6.10 Å². The summed E-state index contributed by atoms with van der Waals surface area (Å²) in [5, 5.41) is 10.3. The molecule has 1 N–H and O–H groups in total. The number of ether oxygens (including phenoxy) is 2. The minimum Gasteiger partial charge on any atom is -0.454 e. The van der Waals surface area contributed by atoms with Gasteiger partial charge in [0.15, 0.2) is 11.5 Å². The molecule has 2 saturated heterocycles. The maximum absolute atomic E-state index is 11.6. The lowest BCUT2D eigenvalue weighted by Gasteiger charge is -2.39. The Morgan fingerprint density at radius 2 is 1.85 bits per heavy atom. The Labute approximate surface area is 154 Å². The van der Waals surface area contributed by atoms with Crippen LogP contribution in [0.15, 0.2) is 18.2 Å². The van der Waals surface area contributed by atoms with Gasteiger partial charge in [-0.1, -0.05) is 0 Å². The van der Waals surface area contributed by atoms with Gasteiger partial charge in [-0.2, -0.15) is 0 Å². The zero-order chi connectivity index (χ0) is 18.1. The average molecular weight is 361 g/mol. The molecule has 7 heteroatoms. The van der Waals surface area contributed by atoms with Gasteiger partial charge in [-0.25, -0.2) is 0 Å². The highest BCUT2D eigenvalue weighted by Gasteiger charge is 2.30. The Kier molecular flexibility index (Phi) is 4.91. The van der Waals surface area contributed by atoms with Crippen LogP contribution in [0.4, 0.5) is 5.69 Å². The van der Waals surface area contributed by atoms with Crippen LogP contribution < -0.4 is 14.4 Å². The summed E-state index contributed by atoms with van der Waals surface area (Å²) >= 11 is 0. The zero-order valence-corrected chi connectivity index (χ0v) is 15.3. The molecule has 26 heavy (non-hydrogen) atoms. The van der Waals surface area contributed by atoms with Crippen molar-refractivity contribution in [1.82, 2.24) is 9.80 Å². The summed E-state index contributed by atoms with van der Waals surface area (Å²) < 4.78 is 10.9. The highest BCUT2D eigenvalue weighted by Crippen LogP contribution is 2.36. The lowest BCUT2D eigenvalue weighted by molar-refractivity contribution is -0.129. The fraction of sp³-hybridized carbons (Fsp3) is 0.632. The van der Waals surface area contributed by atoms with Gasteiger partial charge in [-0.3, -0.25) is 9.69 Å². The second kappa shape index (κ2) is 7.32. The third-order valence-corrected chi connectivity index (χ3v) is 5.68. The molecule has 4 rings (SSSR count). The summed E-state index contributed by atoms with van der Waals surface area (Å²) in [7, 11) is 0. The van der Waals surface area contributed by atoms with E-state index >= 15 is 0 Å². The Hall–Kier alpha value is -1.99. The predicted octanol–water partition coefficient (Wildman–Crippen LogP) is 0.909. The Bertz CT molecular complexity index is 660. The van der Waals surface area contributed by atoms with Crippen molar-refractivity contribution in [1.29, 1.82) is 0 Å². The van der Waals surface area contributed by atoms with Crippen molar-refractivity contribution >= 4 is 11.6 Å². The molecule has 7 nitrogen and oxygen atoms in total. The first kappa shape index (κ1) is 17.4. The fourth-order valence-corrected chi connectivity index (χ4v) is 4.20. The quantitative estimate of drug-likeness (QED) is 0.845. The first-order valence-electron chi connectivity index (χ1n) is 9.42. The van der Waals surface area contributed by atoms with Crippen molar-refractivity contribution in [2.45, 2.75) is 31.9 Å². The smallest absolute Gasteiger partial charge is 0.231 e. The van der Waals surface area contributed by atoms with Gasteiger partial charge in [0.25, 0.3) is 0 Å². The van der Waals surface area contributed by atoms with E-state index in [1.54, 1.807) is 11.8 Å². The van der Waals surface area contributed by atoms with Crippen molar-refractivity contribution in [3.8, 4) is 11.5 Å². The molecule has 3 aliphatic heterocycles.